The molecule has 0 spiro atoms. The Balaban J connectivity index is 0.000000215. The Labute approximate surface area is 509 Å². The van der Waals surface area contributed by atoms with E-state index in [0.29, 0.717) is 69.4 Å². The maximum absolute atomic E-state index is 13.2. The average Bonchev–Trinajstić information content (AvgIpc) is 1.66. The van der Waals surface area contributed by atoms with Crippen LogP contribution in [-0.4, -0.2) is 65.2 Å². The molecule has 0 fully saturated rings. The molecular formula is C68H59ClF6N6O7. The van der Waals surface area contributed by atoms with Crippen molar-refractivity contribution in [1.82, 2.24) is 15.3 Å². The number of nitrogens with zero attached hydrogens (tertiary/aromatic N) is 2. The lowest BCUT2D eigenvalue weighted by atomic mass is 9.98. The minimum atomic E-state index is -4.45. The van der Waals surface area contributed by atoms with Crippen LogP contribution >= 0.6 is 12.4 Å². The topological polar surface area (TPSA) is 195 Å². The highest BCUT2D eigenvalue weighted by Crippen LogP contribution is 2.34. The van der Waals surface area contributed by atoms with Gasteiger partial charge in [-0.15, -0.1) is 12.4 Å². The minimum Gasteiger partial charge on any atom is -0.478 e. The molecule has 0 aliphatic rings. The number of hydrogen-bond acceptors (Lipinski definition) is 9. The molecule has 0 aliphatic carbocycles. The Morgan fingerprint density at radius 3 is 1.34 bits per heavy atom. The van der Waals surface area contributed by atoms with E-state index in [0.717, 1.165) is 42.0 Å². The summed E-state index contributed by atoms with van der Waals surface area (Å²) in [6, 6.07) is 57.9. The van der Waals surface area contributed by atoms with Crippen LogP contribution in [0.2, 0.25) is 0 Å². The Kier molecular flexibility index (Phi) is 22.8. The standard InChI is InChI=1S/C34H28F3N3O3.C24H15F3N2O3.C10H15NO.ClH/c1-2-43-21-30(23-8-4-3-5-9-23)39-32(41)25-14-18-29-24(20-25)15-19-31(38-29)40-33(42)28-11-7-6-10-27(28)22-12-16-26(17-13-22)34(35,36)37;25-24(26,27)17-9-5-14(6-10-17)18-3-1-2-4-19(18)22(30)29-21-12-8-15-13-16(23(31)32)7-11-20(15)28-21;1-2-12-8-10(11)9-6-4-3-5-7-9;/h3-20,30H,2,21H2,1H3,(H,39,41)(H,38,40,42);1-13H,(H,31,32)(H,28,29,30);3-7,10H,2,8,11H2,1H3;1H/t30-;;10-;/m1.1./s1. The molecular weight excluding hydrogens is 1160 g/mol. The monoisotopic (exact) mass is 1220 g/mol. The Hall–Kier alpha value is -9.79. The second-order valence-corrected chi connectivity index (χ2v) is 19.4. The third kappa shape index (κ3) is 17.7. The molecule has 2 heterocycles. The molecule has 0 bridgehead atoms. The fraction of sp³-hybridized carbons (Fsp3) is 0.147. The summed E-state index contributed by atoms with van der Waals surface area (Å²) in [5, 5.41) is 18.9. The van der Waals surface area contributed by atoms with Crippen LogP contribution in [0.3, 0.4) is 0 Å². The first-order valence-corrected chi connectivity index (χ1v) is 27.3. The second kappa shape index (κ2) is 30.5. The van der Waals surface area contributed by atoms with Gasteiger partial charge in [0.15, 0.2) is 0 Å². The summed E-state index contributed by atoms with van der Waals surface area (Å²) in [6.07, 6.45) is -8.89. The molecule has 8 aromatic carbocycles. The molecule has 13 nitrogen and oxygen atoms in total. The highest BCUT2D eigenvalue weighted by Gasteiger charge is 2.31. The normalized spacial score (nSPS) is 11.8. The number of amides is 3. The number of fused-ring (bicyclic) bond motifs is 2. The third-order valence-electron chi connectivity index (χ3n) is 13.5. The number of alkyl halides is 6. The molecule has 88 heavy (non-hydrogen) atoms. The van der Waals surface area contributed by atoms with Crippen molar-refractivity contribution < 1.29 is 60.1 Å². The molecule has 6 N–H and O–H groups in total. The van der Waals surface area contributed by atoms with E-state index >= 15 is 0 Å². The van der Waals surface area contributed by atoms with Crippen molar-refractivity contribution in [1.29, 1.82) is 0 Å². The van der Waals surface area contributed by atoms with Crippen molar-refractivity contribution in [3.63, 3.8) is 0 Å². The number of carbonyl (C=O) groups excluding carboxylic acids is 3. The molecule has 2 aromatic heterocycles. The fourth-order valence-electron chi connectivity index (χ4n) is 9.00. The number of nitrogens with two attached hydrogens (primary N) is 1. The molecule has 0 saturated heterocycles. The SMILES string of the molecule is CCOC[C@@H](N)c1ccccc1.CCOC[C@@H](NC(=O)c1ccc2nc(NC(=O)c3ccccc3-c3ccc(C(F)(F)F)cc3)ccc2c1)c1ccccc1.Cl.O=C(O)c1ccc2nc(NC(=O)c3ccccc3-c3ccc(C(F)(F)F)cc3)ccc2c1. The van der Waals surface area contributed by atoms with Crippen molar-refractivity contribution >= 4 is 69.5 Å². The summed E-state index contributed by atoms with van der Waals surface area (Å²) >= 11 is 0. The van der Waals surface area contributed by atoms with Crippen LogP contribution in [-0.2, 0) is 21.8 Å². The molecule has 10 aromatic rings. The Morgan fingerprint density at radius 1 is 0.489 bits per heavy atom. The summed E-state index contributed by atoms with van der Waals surface area (Å²) in [6.45, 7) is 6.06. The summed E-state index contributed by atoms with van der Waals surface area (Å²) < 4.78 is 88.4. The number of carboxylic acid groups (broad SMARTS) is 1. The Bertz CT molecular complexity index is 3990. The van der Waals surface area contributed by atoms with Gasteiger partial charge in [-0.1, -0.05) is 121 Å². The third-order valence-corrected chi connectivity index (χ3v) is 13.5. The highest BCUT2D eigenvalue weighted by atomic mass is 35.5. The van der Waals surface area contributed by atoms with Crippen molar-refractivity contribution in [2.45, 2.75) is 38.3 Å². The summed E-state index contributed by atoms with van der Waals surface area (Å²) in [5.74, 6) is -1.70. The molecule has 0 aliphatic heterocycles. The lowest BCUT2D eigenvalue weighted by Gasteiger charge is -2.19. The van der Waals surface area contributed by atoms with Gasteiger partial charge in [-0.25, -0.2) is 14.8 Å². The number of rotatable bonds is 17. The van der Waals surface area contributed by atoms with Crippen molar-refractivity contribution in [3.8, 4) is 22.3 Å². The average molecular weight is 1220 g/mol. The second-order valence-electron chi connectivity index (χ2n) is 19.4. The van der Waals surface area contributed by atoms with E-state index < -0.39 is 41.3 Å². The summed E-state index contributed by atoms with van der Waals surface area (Å²) in [4.78, 5) is 59.2. The number of anilines is 2. The number of aromatic carboxylic acids is 1. The number of halogens is 7. The number of benzene rings is 8. The first-order chi connectivity index (χ1) is 41.8. The van der Waals surface area contributed by atoms with Gasteiger partial charge in [0, 0.05) is 40.7 Å². The molecule has 0 radical (unpaired) electrons. The van der Waals surface area contributed by atoms with E-state index in [1.807, 2.05) is 74.5 Å². The van der Waals surface area contributed by atoms with Gasteiger partial charge in [-0.2, -0.15) is 26.3 Å². The van der Waals surface area contributed by atoms with Crippen LogP contribution in [0.5, 0.6) is 0 Å². The first-order valence-electron chi connectivity index (χ1n) is 27.3. The predicted molar refractivity (Wildman–Crippen MR) is 330 cm³/mol. The zero-order valence-electron chi connectivity index (χ0n) is 47.3. The van der Waals surface area contributed by atoms with Gasteiger partial charge in [-0.3, -0.25) is 14.4 Å². The lowest BCUT2D eigenvalue weighted by molar-refractivity contribution is -0.138. The number of carboxylic acids is 1. The smallest absolute Gasteiger partial charge is 0.416 e. The quantitative estimate of drug-likeness (QED) is 0.0548. The maximum atomic E-state index is 13.2. The van der Waals surface area contributed by atoms with Crippen LogP contribution in [0, 0.1) is 0 Å². The van der Waals surface area contributed by atoms with Gasteiger partial charge in [0.05, 0.1) is 53.0 Å². The zero-order valence-corrected chi connectivity index (χ0v) is 48.1. The molecule has 20 heteroatoms. The summed E-state index contributed by atoms with van der Waals surface area (Å²) in [5.41, 5.74) is 10.5. The van der Waals surface area contributed by atoms with Gasteiger partial charge in [-0.05, 0) is 144 Å². The summed E-state index contributed by atoms with van der Waals surface area (Å²) in [7, 11) is 0. The molecule has 0 saturated carbocycles. The minimum absolute atomic E-state index is 0. The van der Waals surface area contributed by atoms with Crippen LogP contribution < -0.4 is 21.7 Å². The van der Waals surface area contributed by atoms with E-state index in [1.165, 1.54) is 36.4 Å². The van der Waals surface area contributed by atoms with Crippen molar-refractivity contribution in [2.75, 3.05) is 37.1 Å². The van der Waals surface area contributed by atoms with Gasteiger partial charge in [0.2, 0.25) is 0 Å². The van der Waals surface area contributed by atoms with Crippen LogP contribution in [0.4, 0.5) is 38.0 Å². The number of ether oxygens (including phenoxy) is 2. The van der Waals surface area contributed by atoms with E-state index in [2.05, 4.69) is 25.9 Å². The molecule has 452 valence electrons. The largest absolute Gasteiger partial charge is 0.478 e. The van der Waals surface area contributed by atoms with E-state index in [1.54, 1.807) is 97.1 Å². The molecule has 2 atom stereocenters. The Morgan fingerprint density at radius 2 is 0.898 bits per heavy atom. The number of pyridine rings is 2. The molecule has 3 amide bonds. The zero-order chi connectivity index (χ0) is 62.1. The van der Waals surface area contributed by atoms with Gasteiger partial charge < -0.3 is 36.3 Å². The van der Waals surface area contributed by atoms with Gasteiger partial charge in [0.25, 0.3) is 17.7 Å². The van der Waals surface area contributed by atoms with E-state index in [-0.39, 0.29) is 58.7 Å². The van der Waals surface area contributed by atoms with Crippen molar-refractivity contribution in [2.24, 2.45) is 5.73 Å². The molecule has 0 unspecified atom stereocenters. The predicted octanol–water partition coefficient (Wildman–Crippen LogP) is 15.7. The highest BCUT2D eigenvalue weighted by molar-refractivity contribution is 6.10. The number of carbonyl (C=O) groups is 4. The van der Waals surface area contributed by atoms with Gasteiger partial charge >= 0.3 is 18.3 Å². The van der Waals surface area contributed by atoms with Crippen LogP contribution in [0.1, 0.15) is 89.6 Å². The van der Waals surface area contributed by atoms with E-state index in [4.69, 9.17) is 20.3 Å². The first kappa shape index (κ1) is 65.7. The van der Waals surface area contributed by atoms with Gasteiger partial charge in [0.1, 0.15) is 11.6 Å². The van der Waals surface area contributed by atoms with Crippen molar-refractivity contribution in [3.05, 3.63) is 263 Å². The lowest BCUT2D eigenvalue weighted by Crippen LogP contribution is -2.31. The van der Waals surface area contributed by atoms with Crippen LogP contribution in [0.25, 0.3) is 44.1 Å². The number of hydrogen-bond donors (Lipinski definition) is 5. The maximum Gasteiger partial charge on any atom is 0.416 e. The molecule has 10 rings (SSSR count). The number of aromatic nitrogens is 2. The number of nitrogens with one attached hydrogen (secondary N) is 3. The van der Waals surface area contributed by atoms with Crippen LogP contribution in [0.15, 0.2) is 218 Å². The fourth-order valence-corrected chi connectivity index (χ4v) is 9.00. The van der Waals surface area contributed by atoms with E-state index in [9.17, 15) is 45.5 Å².